The van der Waals surface area contributed by atoms with Crippen LogP contribution >= 0.6 is 11.8 Å². The van der Waals surface area contributed by atoms with Gasteiger partial charge in [0.1, 0.15) is 6.04 Å². The third kappa shape index (κ3) is 3.95. The number of hydrogen-bond donors (Lipinski definition) is 2. The van der Waals surface area contributed by atoms with Gasteiger partial charge in [-0.3, -0.25) is 20.2 Å². The second kappa shape index (κ2) is 7.54. The van der Waals surface area contributed by atoms with E-state index >= 15 is 0 Å². The molecule has 1 atom stereocenters. The van der Waals surface area contributed by atoms with Gasteiger partial charge in [0.15, 0.2) is 0 Å². The topological polar surface area (TPSA) is 115 Å². The zero-order valence-corrected chi connectivity index (χ0v) is 14.9. The zero-order valence-electron chi connectivity index (χ0n) is 14.1. The van der Waals surface area contributed by atoms with Crippen molar-refractivity contribution in [3.63, 3.8) is 0 Å². The van der Waals surface area contributed by atoms with Crippen LogP contribution in [0.25, 0.3) is 0 Å². The summed E-state index contributed by atoms with van der Waals surface area (Å²) in [5.41, 5.74) is 1.13. The number of carbonyl (C=O) groups is 2. The summed E-state index contributed by atoms with van der Waals surface area (Å²) in [6.07, 6.45) is 3.02. The Kier molecular flexibility index (Phi) is 4.79. The van der Waals surface area contributed by atoms with Gasteiger partial charge in [-0.25, -0.2) is 14.6 Å². The first-order valence-corrected chi connectivity index (χ1v) is 9.18. The van der Waals surface area contributed by atoms with Crippen molar-refractivity contribution in [1.82, 2.24) is 24.7 Å². The van der Waals surface area contributed by atoms with Crippen LogP contribution in [0.15, 0.2) is 53.9 Å². The molecule has 0 bridgehead atoms. The number of amides is 2. The van der Waals surface area contributed by atoms with E-state index in [0.29, 0.717) is 10.9 Å². The largest absolute Gasteiger partial charge is 0.295 e. The molecule has 0 unspecified atom stereocenters. The van der Waals surface area contributed by atoms with Gasteiger partial charge in [0.2, 0.25) is 23.0 Å². The normalized spacial score (nSPS) is 15.7. The third-order valence-corrected chi connectivity index (χ3v) is 4.76. The Labute approximate surface area is 158 Å². The average molecular weight is 381 g/mol. The van der Waals surface area contributed by atoms with Crippen molar-refractivity contribution in [2.24, 2.45) is 0 Å². The minimum Gasteiger partial charge on any atom is -0.295 e. The Hall–Kier alpha value is -3.27. The maximum absolute atomic E-state index is 12.6. The van der Waals surface area contributed by atoms with E-state index in [1.807, 2.05) is 30.3 Å². The first-order valence-electron chi connectivity index (χ1n) is 8.20. The molecular weight excluding hydrogens is 366 g/mol. The molecule has 2 amide bonds. The number of benzene rings is 1. The number of aromatic nitrogens is 5. The lowest BCUT2D eigenvalue weighted by molar-refractivity contribution is -0.125. The van der Waals surface area contributed by atoms with Gasteiger partial charge in [-0.1, -0.05) is 42.1 Å². The molecular formula is C17H15N7O2S. The zero-order chi connectivity index (χ0) is 18.6. The van der Waals surface area contributed by atoms with Gasteiger partial charge in [-0.2, -0.15) is 4.98 Å². The quantitative estimate of drug-likeness (QED) is 0.649. The molecule has 1 aliphatic heterocycles. The highest BCUT2D eigenvalue weighted by Crippen LogP contribution is 2.28. The van der Waals surface area contributed by atoms with Crippen LogP contribution in [0.2, 0.25) is 0 Å². The number of rotatable bonds is 5. The van der Waals surface area contributed by atoms with Crippen LogP contribution in [0.1, 0.15) is 18.0 Å². The number of anilines is 2. The van der Waals surface area contributed by atoms with Gasteiger partial charge in [-0.15, -0.1) is 5.10 Å². The molecule has 4 rings (SSSR count). The smallest absolute Gasteiger partial charge is 0.252 e. The predicted octanol–water partition coefficient (Wildman–Crippen LogP) is 1.88. The summed E-state index contributed by atoms with van der Waals surface area (Å²) in [7, 11) is 0. The third-order valence-electron chi connectivity index (χ3n) is 3.85. The van der Waals surface area contributed by atoms with Crippen molar-refractivity contribution in [2.75, 3.05) is 10.6 Å². The molecule has 0 fully saturated rings. The molecule has 2 aromatic heterocycles. The summed E-state index contributed by atoms with van der Waals surface area (Å²) < 4.78 is 1.44. The van der Waals surface area contributed by atoms with Crippen LogP contribution in [0.4, 0.5) is 11.9 Å². The molecule has 1 aromatic carbocycles. The molecule has 136 valence electrons. The van der Waals surface area contributed by atoms with E-state index in [1.54, 1.807) is 6.07 Å². The molecule has 10 heteroatoms. The van der Waals surface area contributed by atoms with E-state index in [4.69, 9.17) is 0 Å². The van der Waals surface area contributed by atoms with E-state index < -0.39 is 11.9 Å². The predicted molar refractivity (Wildman–Crippen MR) is 99.0 cm³/mol. The number of thioether (sulfide) groups is 1. The molecule has 27 heavy (non-hydrogen) atoms. The van der Waals surface area contributed by atoms with Crippen molar-refractivity contribution in [1.29, 1.82) is 0 Å². The van der Waals surface area contributed by atoms with Crippen molar-refractivity contribution in [3.05, 3.63) is 54.4 Å². The summed E-state index contributed by atoms with van der Waals surface area (Å²) in [6, 6.07) is 10.8. The van der Waals surface area contributed by atoms with Gasteiger partial charge in [0.25, 0.3) is 5.91 Å². The molecule has 0 spiro atoms. The highest BCUT2D eigenvalue weighted by Gasteiger charge is 2.33. The van der Waals surface area contributed by atoms with E-state index in [0.717, 1.165) is 5.56 Å². The first-order chi connectivity index (χ1) is 13.2. The molecule has 0 saturated carbocycles. The summed E-state index contributed by atoms with van der Waals surface area (Å²) in [4.78, 5) is 36.8. The number of nitrogens with zero attached hydrogens (tertiary/aromatic N) is 5. The first kappa shape index (κ1) is 17.2. The Morgan fingerprint density at radius 2 is 2.00 bits per heavy atom. The number of hydrogen-bond acceptors (Lipinski definition) is 7. The molecule has 9 nitrogen and oxygen atoms in total. The second-order valence-corrected chi connectivity index (χ2v) is 6.71. The lowest BCUT2D eigenvalue weighted by Gasteiger charge is -2.21. The van der Waals surface area contributed by atoms with Gasteiger partial charge in [0.05, 0.1) is 6.42 Å². The van der Waals surface area contributed by atoms with Crippen molar-refractivity contribution in [3.8, 4) is 0 Å². The minimum absolute atomic E-state index is 0.0299. The fraction of sp³-hybridized carbons (Fsp3) is 0.176. The maximum atomic E-state index is 12.6. The molecule has 0 aliphatic carbocycles. The van der Waals surface area contributed by atoms with Gasteiger partial charge >= 0.3 is 0 Å². The van der Waals surface area contributed by atoms with Crippen molar-refractivity contribution in [2.45, 2.75) is 23.4 Å². The molecule has 0 radical (unpaired) electrons. The Balaban J connectivity index is 1.51. The molecule has 3 heterocycles. The van der Waals surface area contributed by atoms with Crippen LogP contribution in [0, 0.1) is 0 Å². The van der Waals surface area contributed by atoms with E-state index in [1.165, 1.54) is 28.8 Å². The maximum Gasteiger partial charge on any atom is 0.252 e. The standard InChI is InChI=1S/C17H15N7O2S/c25-13-9-12(14(26)21-15-18-7-4-8-19-15)24-16(20-13)22-17(23-24)27-10-11-5-2-1-3-6-11/h1-8,12H,9-10H2,(H,18,19,21,26)(H,20,22,23,25)/t12-/m1/s1. The Morgan fingerprint density at radius 3 is 2.78 bits per heavy atom. The average Bonchev–Trinajstić information content (AvgIpc) is 3.10. The van der Waals surface area contributed by atoms with Crippen molar-refractivity contribution < 1.29 is 9.59 Å². The fourth-order valence-electron chi connectivity index (χ4n) is 2.59. The monoisotopic (exact) mass is 381 g/mol. The Bertz CT molecular complexity index is 962. The lowest BCUT2D eigenvalue weighted by atomic mass is 10.1. The lowest BCUT2D eigenvalue weighted by Crippen LogP contribution is -2.36. The summed E-state index contributed by atoms with van der Waals surface area (Å²) in [5, 5.41) is 10.1. The highest BCUT2D eigenvalue weighted by molar-refractivity contribution is 7.98. The van der Waals surface area contributed by atoms with Crippen LogP contribution in [-0.2, 0) is 15.3 Å². The molecule has 0 saturated heterocycles. The molecule has 1 aliphatic rings. The van der Waals surface area contributed by atoms with Crippen LogP contribution < -0.4 is 10.6 Å². The van der Waals surface area contributed by atoms with E-state index in [2.05, 4.69) is 30.7 Å². The van der Waals surface area contributed by atoms with Gasteiger partial charge in [0, 0.05) is 18.1 Å². The fourth-order valence-corrected chi connectivity index (χ4v) is 3.37. The van der Waals surface area contributed by atoms with Crippen molar-refractivity contribution >= 4 is 35.5 Å². The number of carbonyl (C=O) groups excluding carboxylic acids is 2. The van der Waals surface area contributed by atoms with Crippen LogP contribution in [0.3, 0.4) is 0 Å². The van der Waals surface area contributed by atoms with Crippen LogP contribution in [0.5, 0.6) is 0 Å². The van der Waals surface area contributed by atoms with Gasteiger partial charge in [-0.05, 0) is 11.6 Å². The van der Waals surface area contributed by atoms with E-state index in [-0.39, 0.29) is 24.2 Å². The minimum atomic E-state index is -0.809. The molecule has 2 N–H and O–H groups in total. The SMILES string of the molecule is O=C1C[C@H](C(=O)Nc2ncccn2)n2nc(SCc3ccccc3)nc2N1. The number of nitrogens with one attached hydrogen (secondary N) is 2. The van der Waals surface area contributed by atoms with Gasteiger partial charge < -0.3 is 0 Å². The van der Waals surface area contributed by atoms with E-state index in [9.17, 15) is 9.59 Å². The number of fused-ring (bicyclic) bond motifs is 1. The summed E-state index contributed by atoms with van der Waals surface area (Å²) >= 11 is 1.44. The molecule has 3 aromatic rings. The second-order valence-electron chi connectivity index (χ2n) is 5.77. The Morgan fingerprint density at radius 1 is 1.22 bits per heavy atom. The highest BCUT2D eigenvalue weighted by atomic mass is 32.2. The van der Waals surface area contributed by atoms with Crippen LogP contribution in [-0.4, -0.2) is 36.5 Å². The summed E-state index contributed by atoms with van der Waals surface area (Å²) in [5.74, 6) is 0.419. The summed E-state index contributed by atoms with van der Waals surface area (Å²) in [6.45, 7) is 0.